The Morgan fingerprint density at radius 3 is 1.27 bits per heavy atom. The molecule has 0 aromatic heterocycles. The normalized spacial score (nSPS) is 15.5. The molecule has 0 bridgehead atoms. The quantitative estimate of drug-likeness (QED) is 0.0520. The van der Waals surface area contributed by atoms with Crippen LogP contribution in [-0.2, 0) is 26.6 Å². The van der Waals surface area contributed by atoms with Gasteiger partial charge >= 0.3 is 17.6 Å². The standard InChI is InChI=1S/C18H42O6S7Si2/c1-7-13-23-32(19-5,21-9-3)17-11-15-25-27-29-31-30-28-26-16-12-18-33(20-6,22-10-4)24-14-8-2/h7-18H2,1-6H3. The maximum Gasteiger partial charge on any atom is 0.500 e. The van der Waals surface area contributed by atoms with Crippen LogP contribution in [-0.4, -0.2) is 69.8 Å². The maximum atomic E-state index is 5.96. The predicted molar refractivity (Wildman–Crippen MR) is 163 cm³/mol. The van der Waals surface area contributed by atoms with Gasteiger partial charge in [-0.3, -0.25) is 0 Å². The molecule has 0 aliphatic carbocycles. The molecule has 2 unspecified atom stereocenters. The summed E-state index contributed by atoms with van der Waals surface area (Å²) in [5.74, 6) is 2.13. The van der Waals surface area contributed by atoms with Crippen molar-refractivity contribution in [2.24, 2.45) is 0 Å². The van der Waals surface area contributed by atoms with Gasteiger partial charge in [-0.1, -0.05) is 35.4 Å². The van der Waals surface area contributed by atoms with Gasteiger partial charge in [0.15, 0.2) is 0 Å². The van der Waals surface area contributed by atoms with Gasteiger partial charge in [-0.05, 0) is 88.7 Å². The summed E-state index contributed by atoms with van der Waals surface area (Å²) in [7, 11) is 11.4. The molecule has 6 nitrogen and oxygen atoms in total. The fourth-order valence-corrected chi connectivity index (χ4v) is 22.2. The molecular formula is C18H42O6S7Si2. The highest BCUT2D eigenvalue weighted by Crippen LogP contribution is 2.55. The molecule has 0 radical (unpaired) electrons. The Balaban J connectivity index is 3.76. The Kier molecular flexibility index (Phi) is 26.9. The van der Waals surface area contributed by atoms with Crippen molar-refractivity contribution in [3.63, 3.8) is 0 Å². The van der Waals surface area contributed by atoms with Gasteiger partial charge in [-0.15, -0.1) is 0 Å². The molecule has 0 saturated heterocycles. The molecule has 0 aliphatic rings. The Morgan fingerprint density at radius 1 is 0.545 bits per heavy atom. The van der Waals surface area contributed by atoms with Crippen LogP contribution in [0.4, 0.5) is 0 Å². The molecule has 0 amide bonds. The monoisotopic (exact) mass is 634 g/mol. The van der Waals surface area contributed by atoms with E-state index in [0.717, 1.165) is 49.3 Å². The summed E-state index contributed by atoms with van der Waals surface area (Å²) in [5.41, 5.74) is 0. The van der Waals surface area contributed by atoms with Gasteiger partial charge in [-0.2, -0.15) is 0 Å². The lowest BCUT2D eigenvalue weighted by Gasteiger charge is -2.27. The van der Waals surface area contributed by atoms with Crippen LogP contribution in [0.5, 0.6) is 0 Å². The molecule has 0 fully saturated rings. The van der Waals surface area contributed by atoms with Crippen LogP contribution in [0, 0.1) is 0 Å². The van der Waals surface area contributed by atoms with Gasteiger partial charge in [0.25, 0.3) is 0 Å². The Bertz CT molecular complexity index is 404. The van der Waals surface area contributed by atoms with Crippen molar-refractivity contribution in [2.45, 2.75) is 65.5 Å². The second-order valence-corrected chi connectivity index (χ2v) is 23.8. The molecule has 0 heterocycles. The van der Waals surface area contributed by atoms with Crippen LogP contribution >= 0.6 is 70.7 Å². The van der Waals surface area contributed by atoms with E-state index in [-0.39, 0.29) is 0 Å². The van der Waals surface area contributed by atoms with Crippen LogP contribution in [0.1, 0.15) is 53.4 Å². The second-order valence-electron chi connectivity index (χ2n) is 6.53. The lowest BCUT2D eigenvalue weighted by atomic mass is 10.5. The summed E-state index contributed by atoms with van der Waals surface area (Å²) < 4.78 is 35.0. The van der Waals surface area contributed by atoms with Crippen molar-refractivity contribution in [1.82, 2.24) is 0 Å². The molecule has 200 valence electrons. The Morgan fingerprint density at radius 2 is 0.939 bits per heavy atom. The summed E-state index contributed by atoms with van der Waals surface area (Å²) in [4.78, 5) is 0. The molecule has 0 rings (SSSR count). The van der Waals surface area contributed by atoms with Crippen LogP contribution in [0.2, 0.25) is 12.1 Å². The van der Waals surface area contributed by atoms with Crippen molar-refractivity contribution in [3.8, 4) is 0 Å². The fourth-order valence-electron chi connectivity index (χ4n) is 2.60. The molecule has 0 spiro atoms. The van der Waals surface area contributed by atoms with E-state index in [2.05, 4.69) is 13.8 Å². The minimum Gasteiger partial charge on any atom is -0.377 e. The molecule has 0 aliphatic heterocycles. The van der Waals surface area contributed by atoms with E-state index in [1.54, 1.807) is 14.2 Å². The lowest BCUT2D eigenvalue weighted by molar-refractivity contribution is 0.0812. The second kappa shape index (κ2) is 25.0. The van der Waals surface area contributed by atoms with Crippen LogP contribution < -0.4 is 0 Å². The van der Waals surface area contributed by atoms with E-state index in [9.17, 15) is 0 Å². The number of hydrogen-bond acceptors (Lipinski definition) is 13. The Labute approximate surface area is 230 Å². The first-order valence-electron chi connectivity index (χ1n) is 11.3. The van der Waals surface area contributed by atoms with Crippen molar-refractivity contribution in [2.75, 3.05) is 52.2 Å². The van der Waals surface area contributed by atoms with E-state index >= 15 is 0 Å². The first-order valence-corrected chi connectivity index (χ1v) is 24.3. The lowest BCUT2D eigenvalue weighted by Crippen LogP contribution is -2.45. The molecule has 0 aromatic carbocycles. The van der Waals surface area contributed by atoms with Gasteiger partial charge in [-0.25, -0.2) is 0 Å². The zero-order valence-electron chi connectivity index (χ0n) is 20.8. The maximum absolute atomic E-state index is 5.96. The van der Waals surface area contributed by atoms with Gasteiger partial charge < -0.3 is 26.6 Å². The number of rotatable bonds is 26. The molecule has 2 atom stereocenters. The average molecular weight is 635 g/mol. The third-order valence-corrected chi connectivity index (χ3v) is 23.3. The smallest absolute Gasteiger partial charge is 0.377 e. The summed E-state index contributed by atoms with van der Waals surface area (Å²) in [6.07, 6.45) is 4.04. The van der Waals surface area contributed by atoms with Crippen LogP contribution in [0.15, 0.2) is 0 Å². The third-order valence-electron chi connectivity index (χ3n) is 4.03. The highest BCUT2D eigenvalue weighted by molar-refractivity contribution is 9.45. The SMILES string of the molecule is CCCO[Si](CCCSSSSSSSCCC[Si](OC)(OCC)OCCC)(OC)OCC. The largest absolute Gasteiger partial charge is 0.500 e. The minimum atomic E-state index is -2.48. The zero-order valence-corrected chi connectivity index (χ0v) is 28.5. The highest BCUT2D eigenvalue weighted by Gasteiger charge is 2.39. The summed E-state index contributed by atoms with van der Waals surface area (Å²) in [6.45, 7) is 10.9. The minimum absolute atomic E-state index is 0.638. The Hall–Kier alpha value is 2.64. The van der Waals surface area contributed by atoms with Crippen molar-refractivity contribution >= 4 is 88.3 Å². The van der Waals surface area contributed by atoms with E-state index in [4.69, 9.17) is 26.6 Å². The zero-order chi connectivity index (χ0) is 24.7. The highest BCUT2D eigenvalue weighted by atomic mass is 33.9. The van der Waals surface area contributed by atoms with Crippen molar-refractivity contribution < 1.29 is 26.6 Å². The van der Waals surface area contributed by atoms with Crippen LogP contribution in [0.25, 0.3) is 0 Å². The van der Waals surface area contributed by atoms with Gasteiger partial charge in [0.2, 0.25) is 0 Å². The van der Waals surface area contributed by atoms with Gasteiger partial charge in [0.05, 0.1) is 0 Å². The summed E-state index contributed by atoms with van der Waals surface area (Å²) in [5, 5.41) is 0. The predicted octanol–water partition coefficient (Wildman–Crippen LogP) is 8.49. The van der Waals surface area contributed by atoms with Gasteiger partial charge in [0, 0.05) is 64.2 Å². The van der Waals surface area contributed by atoms with Gasteiger partial charge in [0.1, 0.15) is 0 Å². The summed E-state index contributed by atoms with van der Waals surface area (Å²) in [6, 6.07) is 1.76. The molecule has 15 heteroatoms. The van der Waals surface area contributed by atoms with E-state index < -0.39 is 17.6 Å². The third kappa shape index (κ3) is 18.5. The van der Waals surface area contributed by atoms with E-state index in [1.165, 1.54) is 0 Å². The van der Waals surface area contributed by atoms with Crippen molar-refractivity contribution in [3.05, 3.63) is 0 Å². The first kappa shape index (κ1) is 35.6. The number of hydrogen-bond donors (Lipinski definition) is 0. The van der Waals surface area contributed by atoms with E-state index in [1.807, 2.05) is 84.6 Å². The summed E-state index contributed by atoms with van der Waals surface area (Å²) >= 11 is 0. The molecule has 0 saturated carbocycles. The van der Waals surface area contributed by atoms with E-state index in [0.29, 0.717) is 26.4 Å². The molecule has 33 heavy (non-hydrogen) atoms. The molecule has 0 N–H and O–H groups in total. The average Bonchev–Trinajstić information content (AvgIpc) is 2.83. The first-order chi connectivity index (χ1) is 16.1. The topological polar surface area (TPSA) is 55.4 Å². The molecular weight excluding hydrogens is 593 g/mol. The molecule has 0 aromatic rings. The fraction of sp³-hybridized carbons (Fsp3) is 1.00. The van der Waals surface area contributed by atoms with Crippen LogP contribution in [0.3, 0.4) is 0 Å². The van der Waals surface area contributed by atoms with Crippen molar-refractivity contribution in [1.29, 1.82) is 0 Å².